The standard InChI is InChI=1S/C13H16N6O/c1-9-2-5-11(19-8-15-17-18-19)6-12(9)16-13(20)7-14-10-3-4-10/h2,5-6,8,10,14H,3-4,7H2,1H3,(H,16,20). The minimum atomic E-state index is -0.0335. The Kier molecular flexibility index (Phi) is 3.42. The van der Waals surface area contributed by atoms with E-state index in [9.17, 15) is 4.79 Å². The number of anilines is 1. The van der Waals surface area contributed by atoms with Gasteiger partial charge in [-0.1, -0.05) is 6.07 Å². The summed E-state index contributed by atoms with van der Waals surface area (Å²) in [4.78, 5) is 11.9. The van der Waals surface area contributed by atoms with E-state index < -0.39 is 0 Å². The van der Waals surface area contributed by atoms with Crippen molar-refractivity contribution >= 4 is 11.6 Å². The van der Waals surface area contributed by atoms with Crippen LogP contribution in [0.5, 0.6) is 0 Å². The number of amides is 1. The van der Waals surface area contributed by atoms with E-state index in [4.69, 9.17) is 0 Å². The molecule has 1 aromatic carbocycles. The number of aryl methyl sites for hydroxylation is 1. The molecule has 2 N–H and O–H groups in total. The van der Waals surface area contributed by atoms with E-state index in [1.54, 1.807) is 4.68 Å². The normalized spacial score (nSPS) is 14.2. The van der Waals surface area contributed by atoms with Gasteiger partial charge in [-0.3, -0.25) is 4.79 Å². The molecule has 7 heteroatoms. The number of benzene rings is 1. The maximum atomic E-state index is 11.9. The molecule has 0 spiro atoms. The third-order valence-corrected chi connectivity index (χ3v) is 3.24. The van der Waals surface area contributed by atoms with Gasteiger partial charge in [0.15, 0.2) is 0 Å². The second kappa shape index (κ2) is 5.38. The molecule has 7 nitrogen and oxygen atoms in total. The lowest BCUT2D eigenvalue weighted by Crippen LogP contribution is -2.29. The van der Waals surface area contributed by atoms with Gasteiger partial charge in [0, 0.05) is 11.7 Å². The van der Waals surface area contributed by atoms with Crippen molar-refractivity contribution in [2.24, 2.45) is 0 Å². The highest BCUT2D eigenvalue weighted by molar-refractivity contribution is 5.93. The highest BCUT2D eigenvalue weighted by atomic mass is 16.1. The molecule has 1 amide bonds. The molecule has 20 heavy (non-hydrogen) atoms. The zero-order valence-corrected chi connectivity index (χ0v) is 11.2. The lowest BCUT2D eigenvalue weighted by Gasteiger charge is -2.10. The van der Waals surface area contributed by atoms with Crippen LogP contribution in [0.2, 0.25) is 0 Å². The van der Waals surface area contributed by atoms with Gasteiger partial charge in [-0.25, -0.2) is 4.68 Å². The van der Waals surface area contributed by atoms with Gasteiger partial charge in [0.05, 0.1) is 12.2 Å². The van der Waals surface area contributed by atoms with Crippen molar-refractivity contribution in [1.29, 1.82) is 0 Å². The quantitative estimate of drug-likeness (QED) is 0.835. The second-order valence-corrected chi connectivity index (χ2v) is 4.96. The van der Waals surface area contributed by atoms with Crippen LogP contribution in [-0.2, 0) is 4.79 Å². The van der Waals surface area contributed by atoms with E-state index in [1.807, 2.05) is 25.1 Å². The van der Waals surface area contributed by atoms with Crippen molar-refractivity contribution in [2.75, 3.05) is 11.9 Å². The fourth-order valence-corrected chi connectivity index (χ4v) is 1.89. The van der Waals surface area contributed by atoms with Crippen molar-refractivity contribution in [3.63, 3.8) is 0 Å². The van der Waals surface area contributed by atoms with Gasteiger partial charge in [-0.05, 0) is 47.9 Å². The largest absolute Gasteiger partial charge is 0.325 e. The van der Waals surface area contributed by atoms with Crippen LogP contribution in [0.3, 0.4) is 0 Å². The summed E-state index contributed by atoms with van der Waals surface area (Å²) in [5, 5.41) is 17.1. The number of nitrogens with zero attached hydrogens (tertiary/aromatic N) is 4. The summed E-state index contributed by atoms with van der Waals surface area (Å²) in [5.74, 6) is -0.0335. The fourth-order valence-electron chi connectivity index (χ4n) is 1.89. The van der Waals surface area contributed by atoms with Crippen LogP contribution in [0.1, 0.15) is 18.4 Å². The van der Waals surface area contributed by atoms with Crippen molar-refractivity contribution < 1.29 is 4.79 Å². The fraction of sp³-hybridized carbons (Fsp3) is 0.385. The lowest BCUT2D eigenvalue weighted by atomic mass is 10.2. The number of hydrogen-bond acceptors (Lipinski definition) is 5. The van der Waals surface area contributed by atoms with Crippen LogP contribution < -0.4 is 10.6 Å². The first-order valence-electron chi connectivity index (χ1n) is 6.59. The summed E-state index contributed by atoms with van der Waals surface area (Å²) in [6.07, 6.45) is 3.85. The minimum absolute atomic E-state index is 0.0335. The van der Waals surface area contributed by atoms with Crippen LogP contribution in [0, 0.1) is 6.92 Å². The molecule has 1 aliphatic carbocycles. The molecule has 0 atom stereocenters. The average Bonchev–Trinajstić information content (AvgIpc) is 3.11. The summed E-state index contributed by atoms with van der Waals surface area (Å²) in [5.41, 5.74) is 2.59. The second-order valence-electron chi connectivity index (χ2n) is 4.96. The van der Waals surface area contributed by atoms with Crippen LogP contribution in [0.4, 0.5) is 5.69 Å². The summed E-state index contributed by atoms with van der Waals surface area (Å²) < 4.78 is 1.55. The smallest absolute Gasteiger partial charge is 0.238 e. The molecule has 0 saturated heterocycles. The zero-order chi connectivity index (χ0) is 13.9. The maximum Gasteiger partial charge on any atom is 0.238 e. The Morgan fingerprint density at radius 3 is 3.00 bits per heavy atom. The average molecular weight is 272 g/mol. The summed E-state index contributed by atoms with van der Waals surface area (Å²) >= 11 is 0. The third-order valence-electron chi connectivity index (χ3n) is 3.24. The number of tetrazole rings is 1. The van der Waals surface area contributed by atoms with E-state index in [0.29, 0.717) is 12.6 Å². The van der Waals surface area contributed by atoms with Crippen molar-refractivity contribution in [3.8, 4) is 5.69 Å². The molecule has 1 fully saturated rings. The summed E-state index contributed by atoms with van der Waals surface area (Å²) in [7, 11) is 0. The van der Waals surface area contributed by atoms with Crippen LogP contribution in [0.25, 0.3) is 5.69 Å². The number of rotatable bonds is 5. The van der Waals surface area contributed by atoms with Gasteiger partial charge in [0.2, 0.25) is 5.91 Å². The first-order valence-corrected chi connectivity index (χ1v) is 6.59. The predicted octanol–water partition coefficient (Wildman–Crippen LogP) is 0.661. The topological polar surface area (TPSA) is 84.7 Å². The summed E-state index contributed by atoms with van der Waals surface area (Å²) in [6.45, 7) is 2.30. The molecule has 3 rings (SSSR count). The highest BCUT2D eigenvalue weighted by Crippen LogP contribution is 2.20. The van der Waals surface area contributed by atoms with Crippen LogP contribution in [0.15, 0.2) is 24.5 Å². The number of nitrogens with one attached hydrogen (secondary N) is 2. The Morgan fingerprint density at radius 1 is 1.45 bits per heavy atom. The molecule has 0 aliphatic heterocycles. The number of carbonyl (C=O) groups excluding carboxylic acids is 1. The monoisotopic (exact) mass is 272 g/mol. The van der Waals surface area contributed by atoms with Crippen molar-refractivity contribution in [2.45, 2.75) is 25.8 Å². The molecule has 1 saturated carbocycles. The molecule has 1 aromatic heterocycles. The van der Waals surface area contributed by atoms with Gasteiger partial charge in [0.25, 0.3) is 0 Å². The summed E-state index contributed by atoms with van der Waals surface area (Å²) in [6, 6.07) is 6.22. The van der Waals surface area contributed by atoms with E-state index in [2.05, 4.69) is 26.2 Å². The Labute approximate surface area is 116 Å². The van der Waals surface area contributed by atoms with E-state index in [-0.39, 0.29) is 5.91 Å². The molecule has 1 heterocycles. The number of hydrogen-bond donors (Lipinski definition) is 2. The lowest BCUT2D eigenvalue weighted by molar-refractivity contribution is -0.115. The minimum Gasteiger partial charge on any atom is -0.325 e. The van der Waals surface area contributed by atoms with Crippen LogP contribution >= 0.6 is 0 Å². The SMILES string of the molecule is Cc1ccc(-n2cnnn2)cc1NC(=O)CNC1CC1. The van der Waals surface area contributed by atoms with Gasteiger partial charge in [-0.15, -0.1) is 5.10 Å². The molecule has 0 radical (unpaired) electrons. The Bertz CT molecular complexity index is 605. The maximum absolute atomic E-state index is 11.9. The van der Waals surface area contributed by atoms with Gasteiger partial charge in [-0.2, -0.15) is 0 Å². The Morgan fingerprint density at radius 2 is 2.30 bits per heavy atom. The molecular formula is C13H16N6O. The molecule has 1 aliphatic rings. The Balaban J connectivity index is 1.71. The third kappa shape index (κ3) is 3.00. The van der Waals surface area contributed by atoms with Crippen molar-refractivity contribution in [1.82, 2.24) is 25.5 Å². The van der Waals surface area contributed by atoms with Gasteiger partial charge in [0.1, 0.15) is 6.33 Å². The molecular weight excluding hydrogens is 256 g/mol. The molecule has 2 aromatic rings. The zero-order valence-electron chi connectivity index (χ0n) is 11.2. The van der Waals surface area contributed by atoms with E-state index in [0.717, 1.165) is 16.9 Å². The highest BCUT2D eigenvalue weighted by Gasteiger charge is 2.21. The number of carbonyl (C=O) groups is 1. The first kappa shape index (κ1) is 12.7. The molecule has 0 unspecified atom stereocenters. The first-order chi connectivity index (χ1) is 9.72. The van der Waals surface area contributed by atoms with E-state index in [1.165, 1.54) is 19.2 Å². The number of aromatic nitrogens is 4. The van der Waals surface area contributed by atoms with Gasteiger partial charge < -0.3 is 10.6 Å². The predicted molar refractivity (Wildman–Crippen MR) is 73.5 cm³/mol. The van der Waals surface area contributed by atoms with Gasteiger partial charge >= 0.3 is 0 Å². The van der Waals surface area contributed by atoms with Crippen LogP contribution in [-0.4, -0.2) is 38.7 Å². The van der Waals surface area contributed by atoms with Crippen molar-refractivity contribution in [3.05, 3.63) is 30.1 Å². The molecule has 0 bridgehead atoms. The van der Waals surface area contributed by atoms with E-state index >= 15 is 0 Å². The Hall–Kier alpha value is -2.28. The molecule has 104 valence electrons.